The van der Waals surface area contributed by atoms with Gasteiger partial charge >= 0.3 is 17.8 Å². The van der Waals surface area contributed by atoms with Gasteiger partial charge in [0.05, 0.1) is 9.85 Å². The van der Waals surface area contributed by atoms with Crippen molar-refractivity contribution in [3.8, 4) is 0 Å². The number of non-ortho nitro benzene ring substituents is 2. The van der Waals surface area contributed by atoms with E-state index in [9.17, 15) is 20.2 Å². The Kier molecular flexibility index (Phi) is 6.07. The predicted octanol–water partition coefficient (Wildman–Crippen LogP) is 8.89. The molecule has 2 aromatic heterocycles. The highest BCUT2D eigenvalue weighted by atomic mass is 32.1. The van der Waals surface area contributed by atoms with Crippen LogP contribution < -0.4 is 0 Å². The lowest BCUT2D eigenvalue weighted by Crippen LogP contribution is -2.49. The van der Waals surface area contributed by atoms with E-state index in [0.29, 0.717) is 0 Å². The number of alkyl halides is 6. The summed E-state index contributed by atoms with van der Waals surface area (Å²) in [5.74, 6) is -16.4. The molecule has 0 fully saturated rings. The lowest BCUT2D eigenvalue weighted by molar-refractivity contribution is -0.384. The Hall–Kier alpha value is -3.52. The van der Waals surface area contributed by atoms with Gasteiger partial charge in [-0.2, -0.15) is 26.3 Å². The molecule has 0 atom stereocenters. The number of hydrogen-bond acceptors (Lipinski definition) is 6. The van der Waals surface area contributed by atoms with Gasteiger partial charge in [0.15, 0.2) is 0 Å². The molecule has 1 aliphatic rings. The molecule has 2 heterocycles. The van der Waals surface area contributed by atoms with Crippen LogP contribution in [0.4, 0.5) is 37.7 Å². The van der Waals surface area contributed by atoms with Crippen molar-refractivity contribution in [3.05, 3.63) is 77.5 Å². The van der Waals surface area contributed by atoms with Crippen LogP contribution in [0.15, 0.2) is 36.4 Å². The number of nitro benzene ring substituents is 2. The van der Waals surface area contributed by atoms with Crippen LogP contribution in [0.3, 0.4) is 0 Å². The van der Waals surface area contributed by atoms with Gasteiger partial charge in [0, 0.05) is 76.5 Å². The quantitative estimate of drug-likeness (QED) is 0.128. The van der Waals surface area contributed by atoms with Crippen molar-refractivity contribution >= 4 is 65.4 Å². The predicted molar refractivity (Wildman–Crippen MR) is 137 cm³/mol. The Morgan fingerprint density at radius 1 is 0.692 bits per heavy atom. The monoisotopic (exact) mass is 586 g/mol. The fourth-order valence-corrected chi connectivity index (χ4v) is 7.30. The molecule has 4 aromatic rings. The molecule has 0 aliphatic heterocycles. The van der Waals surface area contributed by atoms with Crippen molar-refractivity contribution in [1.82, 2.24) is 0 Å². The minimum absolute atomic E-state index is 0.00367. The summed E-state index contributed by atoms with van der Waals surface area (Å²) in [6.45, 7) is 3.06. The third kappa shape index (κ3) is 3.60. The van der Waals surface area contributed by atoms with Gasteiger partial charge in [-0.15, -0.1) is 22.7 Å². The summed E-state index contributed by atoms with van der Waals surface area (Å²) < 4.78 is 93.1. The van der Waals surface area contributed by atoms with E-state index in [2.05, 4.69) is 0 Å². The molecule has 2 aromatic carbocycles. The fourth-order valence-electron chi connectivity index (χ4n) is 4.93. The van der Waals surface area contributed by atoms with Gasteiger partial charge < -0.3 is 0 Å². The summed E-state index contributed by atoms with van der Waals surface area (Å²) in [5.41, 5.74) is -4.84. The Morgan fingerprint density at radius 2 is 1.05 bits per heavy atom. The Morgan fingerprint density at radius 3 is 1.36 bits per heavy atom. The molecule has 204 valence electrons. The summed E-state index contributed by atoms with van der Waals surface area (Å²) in [6, 6.07) is 6.37. The number of benzene rings is 2. The van der Waals surface area contributed by atoms with E-state index in [4.69, 9.17) is 0 Å². The van der Waals surface area contributed by atoms with E-state index in [1.54, 1.807) is 0 Å². The average Bonchev–Trinajstić information content (AvgIpc) is 3.45. The van der Waals surface area contributed by atoms with Gasteiger partial charge in [-0.3, -0.25) is 20.2 Å². The van der Waals surface area contributed by atoms with E-state index in [-0.39, 0.29) is 54.1 Å². The van der Waals surface area contributed by atoms with E-state index < -0.39 is 49.9 Å². The van der Waals surface area contributed by atoms with Crippen molar-refractivity contribution in [2.24, 2.45) is 0 Å². The maximum absolute atomic E-state index is 15.7. The summed E-state index contributed by atoms with van der Waals surface area (Å²) in [7, 11) is 0. The third-order valence-corrected chi connectivity index (χ3v) is 9.32. The SMILES string of the molecule is CCc1sc2cc([N+](=O)[O-])ccc2c1C1=C(c2c(CC)sc3cc([N+](=O)[O-])ccc23)C(F)(F)C(F)(F)C1(F)F. The van der Waals surface area contributed by atoms with Gasteiger partial charge in [-0.05, 0) is 25.0 Å². The van der Waals surface area contributed by atoms with Crippen LogP contribution >= 0.6 is 22.7 Å². The van der Waals surface area contributed by atoms with Gasteiger partial charge in [0.1, 0.15) is 0 Å². The normalized spacial score (nSPS) is 17.8. The zero-order chi connectivity index (χ0) is 28.7. The third-order valence-electron chi connectivity index (χ3n) is 6.72. The number of halogens is 6. The van der Waals surface area contributed by atoms with Gasteiger partial charge in [-0.25, -0.2) is 0 Å². The topological polar surface area (TPSA) is 86.3 Å². The number of fused-ring (bicyclic) bond motifs is 2. The average molecular weight is 587 g/mol. The highest BCUT2D eigenvalue weighted by molar-refractivity contribution is 7.20. The molecule has 1 aliphatic carbocycles. The summed E-state index contributed by atoms with van der Waals surface area (Å²) >= 11 is 1.65. The number of thiophene rings is 2. The van der Waals surface area contributed by atoms with Crippen LogP contribution in [0, 0.1) is 20.2 Å². The first-order valence-corrected chi connectivity index (χ1v) is 13.1. The molecule has 39 heavy (non-hydrogen) atoms. The molecule has 0 unspecified atom stereocenters. The molecule has 5 rings (SSSR count). The van der Waals surface area contributed by atoms with Gasteiger partial charge in [0.2, 0.25) is 0 Å². The summed E-state index contributed by atoms with van der Waals surface area (Å²) in [4.78, 5) is 21.2. The maximum Gasteiger partial charge on any atom is 0.380 e. The molecule has 0 radical (unpaired) electrons. The molecule has 0 saturated carbocycles. The second-order valence-corrected chi connectivity index (χ2v) is 11.1. The van der Waals surface area contributed by atoms with Crippen LogP contribution in [-0.4, -0.2) is 27.6 Å². The van der Waals surface area contributed by atoms with E-state index >= 15 is 26.3 Å². The van der Waals surface area contributed by atoms with Crippen molar-refractivity contribution in [2.45, 2.75) is 44.5 Å². The first-order chi connectivity index (χ1) is 18.2. The molecule has 0 bridgehead atoms. The van der Waals surface area contributed by atoms with Gasteiger partial charge in [-0.1, -0.05) is 13.8 Å². The lowest BCUT2D eigenvalue weighted by Gasteiger charge is -2.26. The Bertz CT molecular complexity index is 1620. The lowest BCUT2D eigenvalue weighted by atomic mass is 9.90. The Balaban J connectivity index is 1.97. The van der Waals surface area contributed by atoms with Crippen LogP contribution in [0.5, 0.6) is 0 Å². The second-order valence-electron chi connectivity index (χ2n) is 8.86. The van der Waals surface area contributed by atoms with Crippen molar-refractivity contribution in [3.63, 3.8) is 0 Å². The summed E-state index contributed by atoms with van der Waals surface area (Å²) in [5, 5.41) is 22.3. The fraction of sp³-hybridized carbons (Fsp3) is 0.280. The standard InChI is InChI=1S/C25H16F6N2O4S2/c1-3-15-19(13-7-5-11(32(34)35)9-17(13)38-15)21-22(24(28,29)25(30,31)23(21,26)27)20-14-8-6-12(33(36)37)10-18(14)39-16(20)4-2/h5-10H,3-4H2,1-2H3. The van der Waals surface area contributed by atoms with E-state index in [1.165, 1.54) is 13.8 Å². The second kappa shape index (κ2) is 8.74. The van der Waals surface area contributed by atoms with Crippen LogP contribution in [-0.2, 0) is 12.8 Å². The first-order valence-electron chi connectivity index (χ1n) is 11.5. The van der Waals surface area contributed by atoms with Crippen molar-refractivity contribution in [1.29, 1.82) is 0 Å². The minimum Gasteiger partial charge on any atom is -0.258 e. The van der Waals surface area contributed by atoms with Gasteiger partial charge in [0.25, 0.3) is 11.4 Å². The number of nitrogens with zero attached hydrogens (tertiary/aromatic N) is 2. The zero-order valence-corrected chi connectivity index (χ0v) is 21.6. The minimum atomic E-state index is -5.80. The van der Waals surface area contributed by atoms with Crippen LogP contribution in [0.1, 0.15) is 34.7 Å². The molecule has 0 spiro atoms. The van der Waals surface area contributed by atoms with E-state index in [0.717, 1.165) is 59.1 Å². The molecule has 6 nitrogen and oxygen atoms in total. The number of allylic oxidation sites excluding steroid dienone is 2. The smallest absolute Gasteiger partial charge is 0.258 e. The van der Waals surface area contributed by atoms with E-state index in [1.807, 2.05) is 0 Å². The molecule has 0 saturated heterocycles. The highest BCUT2D eigenvalue weighted by Crippen LogP contribution is 2.67. The number of aryl methyl sites for hydroxylation is 2. The largest absolute Gasteiger partial charge is 0.380 e. The number of rotatable bonds is 6. The maximum atomic E-state index is 15.7. The molecule has 0 N–H and O–H groups in total. The zero-order valence-electron chi connectivity index (χ0n) is 20.0. The number of nitro groups is 2. The first kappa shape index (κ1) is 27.1. The molecular formula is C25H16F6N2O4S2. The van der Waals surface area contributed by atoms with Crippen LogP contribution in [0.25, 0.3) is 31.3 Å². The summed E-state index contributed by atoms with van der Waals surface area (Å²) in [6.07, 6.45) is 0.00733. The molecule has 14 heteroatoms. The molecule has 0 amide bonds. The molecular weight excluding hydrogens is 570 g/mol. The van der Waals surface area contributed by atoms with Crippen molar-refractivity contribution < 1.29 is 36.2 Å². The highest BCUT2D eigenvalue weighted by Gasteiger charge is 2.80. The van der Waals surface area contributed by atoms with Crippen LogP contribution in [0.2, 0.25) is 0 Å². The Labute approximate surface area is 223 Å². The van der Waals surface area contributed by atoms with Crippen molar-refractivity contribution in [2.75, 3.05) is 0 Å². The number of hydrogen-bond donors (Lipinski definition) is 0.